The SMILES string of the molecule is O=C(NCc1coc(-c2cccs2)n1)c1ccc(S(=O)(=O)NC[C@@H]2CCCO2)cc1. The quantitative estimate of drug-likeness (QED) is 0.549. The van der Waals surface area contributed by atoms with Crippen LogP contribution in [0.1, 0.15) is 28.9 Å². The van der Waals surface area contributed by atoms with E-state index in [1.165, 1.54) is 41.9 Å². The number of oxazole rings is 1. The van der Waals surface area contributed by atoms with Crippen molar-refractivity contribution in [2.75, 3.05) is 13.2 Å². The summed E-state index contributed by atoms with van der Waals surface area (Å²) in [6.07, 6.45) is 3.22. The number of sulfonamides is 1. The Morgan fingerprint density at radius 1 is 1.23 bits per heavy atom. The van der Waals surface area contributed by atoms with Gasteiger partial charge in [-0.3, -0.25) is 4.79 Å². The zero-order valence-electron chi connectivity index (χ0n) is 16.0. The second kappa shape index (κ2) is 9.09. The summed E-state index contributed by atoms with van der Waals surface area (Å²) in [4.78, 5) is 17.7. The lowest BCUT2D eigenvalue weighted by Gasteiger charge is -2.11. The van der Waals surface area contributed by atoms with Crippen LogP contribution < -0.4 is 10.0 Å². The van der Waals surface area contributed by atoms with E-state index in [1.807, 2.05) is 17.5 Å². The minimum Gasteiger partial charge on any atom is -0.443 e. The first-order chi connectivity index (χ1) is 14.5. The van der Waals surface area contributed by atoms with Crippen molar-refractivity contribution >= 4 is 27.3 Å². The minimum absolute atomic E-state index is 0.0818. The molecule has 1 amide bonds. The molecular weight excluding hydrogens is 426 g/mol. The number of nitrogens with zero attached hydrogens (tertiary/aromatic N) is 1. The molecule has 30 heavy (non-hydrogen) atoms. The van der Waals surface area contributed by atoms with Crippen molar-refractivity contribution in [3.05, 3.63) is 59.3 Å². The van der Waals surface area contributed by atoms with Crippen LogP contribution in [0.5, 0.6) is 0 Å². The van der Waals surface area contributed by atoms with Crippen molar-refractivity contribution in [1.29, 1.82) is 0 Å². The minimum atomic E-state index is -3.65. The molecule has 0 saturated carbocycles. The number of aromatic nitrogens is 1. The Bertz CT molecular complexity index is 1090. The number of hydrogen-bond acceptors (Lipinski definition) is 7. The van der Waals surface area contributed by atoms with Gasteiger partial charge < -0.3 is 14.5 Å². The Labute approximate surface area is 178 Å². The fourth-order valence-electron chi connectivity index (χ4n) is 3.05. The van der Waals surface area contributed by atoms with Gasteiger partial charge in [0.15, 0.2) is 0 Å². The van der Waals surface area contributed by atoms with E-state index in [9.17, 15) is 13.2 Å². The molecule has 0 bridgehead atoms. The lowest BCUT2D eigenvalue weighted by Crippen LogP contribution is -2.31. The molecule has 10 heteroatoms. The van der Waals surface area contributed by atoms with Gasteiger partial charge in [0, 0.05) is 18.7 Å². The monoisotopic (exact) mass is 447 g/mol. The zero-order valence-corrected chi connectivity index (χ0v) is 17.7. The van der Waals surface area contributed by atoms with E-state index in [1.54, 1.807) is 0 Å². The maximum Gasteiger partial charge on any atom is 0.251 e. The lowest BCUT2D eigenvalue weighted by molar-refractivity contribution is 0.0950. The lowest BCUT2D eigenvalue weighted by atomic mass is 10.2. The number of nitrogens with one attached hydrogen (secondary N) is 2. The summed E-state index contributed by atoms with van der Waals surface area (Å²) < 4.78 is 38.2. The van der Waals surface area contributed by atoms with E-state index in [4.69, 9.17) is 9.15 Å². The van der Waals surface area contributed by atoms with Crippen LogP contribution in [0.3, 0.4) is 0 Å². The number of benzene rings is 1. The molecule has 2 N–H and O–H groups in total. The van der Waals surface area contributed by atoms with Crippen LogP contribution in [0.4, 0.5) is 0 Å². The molecule has 1 aromatic carbocycles. The average molecular weight is 448 g/mol. The fraction of sp³-hybridized carbons (Fsp3) is 0.300. The van der Waals surface area contributed by atoms with Gasteiger partial charge in [0.1, 0.15) is 6.26 Å². The third-order valence-corrected chi connectivity index (χ3v) is 6.96. The van der Waals surface area contributed by atoms with Crippen molar-refractivity contribution in [2.45, 2.75) is 30.4 Å². The summed E-state index contributed by atoms with van der Waals surface area (Å²) in [6.45, 7) is 1.12. The molecule has 158 valence electrons. The van der Waals surface area contributed by atoms with Gasteiger partial charge in [-0.25, -0.2) is 18.1 Å². The predicted octanol–water partition coefficient (Wildman–Crippen LogP) is 2.79. The molecule has 8 nitrogen and oxygen atoms in total. The first-order valence-corrected chi connectivity index (χ1v) is 11.9. The Morgan fingerprint density at radius 2 is 2.07 bits per heavy atom. The third-order valence-electron chi connectivity index (χ3n) is 4.67. The van der Waals surface area contributed by atoms with Gasteiger partial charge in [0.05, 0.1) is 28.1 Å². The molecule has 4 rings (SSSR count). The van der Waals surface area contributed by atoms with E-state index in [0.717, 1.165) is 17.7 Å². The van der Waals surface area contributed by atoms with Crippen molar-refractivity contribution in [1.82, 2.24) is 15.0 Å². The van der Waals surface area contributed by atoms with Crippen LogP contribution in [0.2, 0.25) is 0 Å². The van der Waals surface area contributed by atoms with Crippen molar-refractivity contribution < 1.29 is 22.4 Å². The van der Waals surface area contributed by atoms with Gasteiger partial charge in [-0.15, -0.1) is 11.3 Å². The van der Waals surface area contributed by atoms with Crippen LogP contribution in [0.15, 0.2) is 57.4 Å². The molecule has 1 saturated heterocycles. The van der Waals surface area contributed by atoms with Gasteiger partial charge in [-0.1, -0.05) is 6.07 Å². The number of carbonyl (C=O) groups excluding carboxylic acids is 1. The predicted molar refractivity (Wildman–Crippen MR) is 112 cm³/mol. The van der Waals surface area contributed by atoms with Crippen LogP contribution in [-0.4, -0.2) is 38.6 Å². The smallest absolute Gasteiger partial charge is 0.251 e. The molecule has 1 fully saturated rings. The molecule has 2 aromatic heterocycles. The molecular formula is C20H21N3O5S2. The van der Waals surface area contributed by atoms with E-state index < -0.39 is 10.0 Å². The van der Waals surface area contributed by atoms with Gasteiger partial charge in [-0.05, 0) is 48.6 Å². The van der Waals surface area contributed by atoms with Crippen molar-refractivity contribution in [3.8, 4) is 10.8 Å². The van der Waals surface area contributed by atoms with Gasteiger partial charge >= 0.3 is 0 Å². The molecule has 3 aromatic rings. The third kappa shape index (κ3) is 4.96. The summed E-state index contributed by atoms with van der Waals surface area (Å²) in [6, 6.07) is 9.61. The fourth-order valence-corrected chi connectivity index (χ4v) is 4.77. The Hall–Kier alpha value is -2.53. The van der Waals surface area contributed by atoms with Crippen LogP contribution in [-0.2, 0) is 21.3 Å². The van der Waals surface area contributed by atoms with E-state index >= 15 is 0 Å². The summed E-state index contributed by atoms with van der Waals surface area (Å²) in [7, 11) is -3.65. The average Bonchev–Trinajstić information content (AvgIpc) is 3.53. The molecule has 0 spiro atoms. The summed E-state index contributed by atoms with van der Waals surface area (Å²) in [5, 5.41) is 4.69. The number of rotatable bonds is 8. The maximum absolute atomic E-state index is 12.4. The summed E-state index contributed by atoms with van der Waals surface area (Å²) in [5.74, 6) is 0.186. The number of ether oxygens (including phenoxy) is 1. The van der Waals surface area contributed by atoms with Crippen molar-refractivity contribution in [3.63, 3.8) is 0 Å². The first kappa shape index (κ1) is 20.7. The Balaban J connectivity index is 1.32. The highest BCUT2D eigenvalue weighted by atomic mass is 32.2. The molecule has 1 aliphatic heterocycles. The molecule has 0 unspecified atom stereocenters. The highest BCUT2D eigenvalue weighted by Crippen LogP contribution is 2.23. The van der Waals surface area contributed by atoms with Crippen LogP contribution in [0.25, 0.3) is 10.8 Å². The van der Waals surface area contributed by atoms with Crippen molar-refractivity contribution in [2.24, 2.45) is 0 Å². The van der Waals surface area contributed by atoms with Gasteiger partial charge in [-0.2, -0.15) is 0 Å². The standard InChI is InChI=1S/C20H21N3O5S2/c24-19(21-11-15-13-28-20(23-15)18-4-2-10-29-18)14-5-7-17(8-6-14)30(25,26)22-12-16-3-1-9-27-16/h2,4-8,10,13,16,22H,1,3,9,11-12H2,(H,21,24)/t16-/m0/s1. The van der Waals surface area contributed by atoms with Gasteiger partial charge in [0.25, 0.3) is 5.91 Å². The molecule has 1 atom stereocenters. The number of amides is 1. The van der Waals surface area contributed by atoms with Crippen LogP contribution >= 0.6 is 11.3 Å². The largest absolute Gasteiger partial charge is 0.443 e. The molecule has 1 aliphatic rings. The Morgan fingerprint density at radius 3 is 2.77 bits per heavy atom. The first-order valence-electron chi connectivity index (χ1n) is 9.49. The summed E-state index contributed by atoms with van der Waals surface area (Å²) in [5.41, 5.74) is 0.958. The Kier molecular flexibility index (Phi) is 6.28. The van der Waals surface area contributed by atoms with E-state index in [0.29, 0.717) is 23.8 Å². The van der Waals surface area contributed by atoms with E-state index in [-0.39, 0.29) is 30.0 Å². The highest BCUT2D eigenvalue weighted by Gasteiger charge is 2.20. The molecule has 0 radical (unpaired) electrons. The zero-order chi connectivity index (χ0) is 21.0. The van der Waals surface area contributed by atoms with E-state index in [2.05, 4.69) is 15.0 Å². The second-order valence-electron chi connectivity index (χ2n) is 6.82. The number of hydrogen-bond donors (Lipinski definition) is 2. The number of thiophene rings is 1. The normalized spacial score (nSPS) is 16.6. The van der Waals surface area contributed by atoms with Crippen LogP contribution in [0, 0.1) is 0 Å². The summed E-state index contributed by atoms with van der Waals surface area (Å²) >= 11 is 1.52. The highest BCUT2D eigenvalue weighted by molar-refractivity contribution is 7.89. The maximum atomic E-state index is 12.4. The van der Waals surface area contributed by atoms with Gasteiger partial charge in [0.2, 0.25) is 15.9 Å². The molecule has 3 heterocycles. The number of carbonyl (C=O) groups is 1. The molecule has 0 aliphatic carbocycles. The second-order valence-corrected chi connectivity index (χ2v) is 9.53. The topological polar surface area (TPSA) is 111 Å².